The van der Waals surface area contributed by atoms with Crippen molar-refractivity contribution in [1.29, 1.82) is 0 Å². The molecule has 4 nitrogen and oxygen atoms in total. The quantitative estimate of drug-likeness (QED) is 0.843. The zero-order valence-corrected chi connectivity index (χ0v) is 11.6. The van der Waals surface area contributed by atoms with Crippen molar-refractivity contribution in [2.75, 3.05) is 7.11 Å². The van der Waals surface area contributed by atoms with Crippen LogP contribution in [0.2, 0.25) is 0 Å². The van der Waals surface area contributed by atoms with Crippen LogP contribution in [0, 0.1) is 13.8 Å². The SMILES string of the molecule is COc1c(C)c(O)c(C)c(O)c1C(=O)c1ccccc1. The van der Waals surface area contributed by atoms with E-state index in [1.165, 1.54) is 7.11 Å². The van der Waals surface area contributed by atoms with Gasteiger partial charge in [-0.05, 0) is 13.8 Å². The first kappa shape index (κ1) is 13.9. The van der Waals surface area contributed by atoms with Crippen molar-refractivity contribution in [3.63, 3.8) is 0 Å². The summed E-state index contributed by atoms with van der Waals surface area (Å²) in [5.41, 5.74) is 1.22. The van der Waals surface area contributed by atoms with Crippen molar-refractivity contribution in [1.82, 2.24) is 0 Å². The van der Waals surface area contributed by atoms with Crippen LogP contribution in [-0.4, -0.2) is 23.1 Å². The van der Waals surface area contributed by atoms with Gasteiger partial charge in [-0.3, -0.25) is 4.79 Å². The fraction of sp³-hybridized carbons (Fsp3) is 0.188. The van der Waals surface area contributed by atoms with Crippen LogP contribution in [0.1, 0.15) is 27.0 Å². The molecule has 2 rings (SSSR count). The fourth-order valence-electron chi connectivity index (χ4n) is 2.18. The summed E-state index contributed by atoms with van der Waals surface area (Å²) in [6, 6.07) is 8.63. The van der Waals surface area contributed by atoms with Gasteiger partial charge in [-0.15, -0.1) is 0 Å². The van der Waals surface area contributed by atoms with Crippen LogP contribution in [0.25, 0.3) is 0 Å². The lowest BCUT2D eigenvalue weighted by Gasteiger charge is -2.16. The summed E-state index contributed by atoms with van der Waals surface area (Å²) in [6.07, 6.45) is 0. The smallest absolute Gasteiger partial charge is 0.200 e. The molecule has 0 aromatic heterocycles. The first-order chi connectivity index (χ1) is 9.49. The molecule has 0 spiro atoms. The third-order valence-corrected chi connectivity index (χ3v) is 3.34. The van der Waals surface area contributed by atoms with Crippen molar-refractivity contribution >= 4 is 5.78 Å². The molecule has 2 aromatic carbocycles. The summed E-state index contributed by atoms with van der Waals surface area (Å²) in [4.78, 5) is 12.5. The van der Waals surface area contributed by atoms with Gasteiger partial charge in [0.15, 0.2) is 0 Å². The van der Waals surface area contributed by atoms with Gasteiger partial charge in [0.25, 0.3) is 0 Å². The zero-order valence-electron chi connectivity index (χ0n) is 11.6. The molecule has 2 N–H and O–H groups in total. The van der Waals surface area contributed by atoms with Crippen LogP contribution < -0.4 is 4.74 Å². The number of ether oxygens (including phenoxy) is 1. The number of phenolic OH excluding ortho intramolecular Hbond substituents is 2. The number of methoxy groups -OCH3 is 1. The van der Waals surface area contributed by atoms with Gasteiger partial charge in [-0.2, -0.15) is 0 Å². The first-order valence-corrected chi connectivity index (χ1v) is 6.17. The summed E-state index contributed by atoms with van der Waals surface area (Å²) in [6.45, 7) is 3.20. The average molecular weight is 272 g/mol. The molecule has 0 bridgehead atoms. The minimum atomic E-state index is -0.342. The fourth-order valence-corrected chi connectivity index (χ4v) is 2.18. The van der Waals surface area contributed by atoms with E-state index < -0.39 is 0 Å². The third kappa shape index (κ3) is 2.09. The van der Waals surface area contributed by atoms with E-state index in [1.54, 1.807) is 44.2 Å². The number of aromatic hydroxyl groups is 2. The van der Waals surface area contributed by atoms with Gasteiger partial charge in [-0.1, -0.05) is 30.3 Å². The molecule has 0 saturated carbocycles. The monoisotopic (exact) mass is 272 g/mol. The Kier molecular flexibility index (Phi) is 3.66. The minimum absolute atomic E-state index is 0.0658. The molecule has 0 aliphatic rings. The normalized spacial score (nSPS) is 10.3. The maximum atomic E-state index is 12.5. The summed E-state index contributed by atoms with van der Waals surface area (Å²) < 4.78 is 5.19. The maximum absolute atomic E-state index is 12.5. The summed E-state index contributed by atoms with van der Waals surface area (Å²) in [5.74, 6) is -0.464. The molecule has 0 aliphatic carbocycles. The Morgan fingerprint density at radius 3 is 2.15 bits per heavy atom. The average Bonchev–Trinajstić information content (AvgIpc) is 2.48. The van der Waals surface area contributed by atoms with Gasteiger partial charge >= 0.3 is 0 Å². The molecule has 0 saturated heterocycles. The van der Waals surface area contributed by atoms with E-state index in [0.29, 0.717) is 11.1 Å². The highest BCUT2D eigenvalue weighted by Gasteiger charge is 2.25. The van der Waals surface area contributed by atoms with Crippen LogP contribution in [0.4, 0.5) is 0 Å². The Bertz CT molecular complexity index is 660. The molecule has 0 fully saturated rings. The van der Waals surface area contributed by atoms with Crippen LogP contribution in [0.5, 0.6) is 17.2 Å². The number of hydrogen-bond donors (Lipinski definition) is 2. The lowest BCUT2D eigenvalue weighted by molar-refractivity contribution is 0.103. The number of carbonyl (C=O) groups excluding carboxylic acids is 1. The van der Waals surface area contributed by atoms with E-state index in [1.807, 2.05) is 0 Å². The van der Waals surface area contributed by atoms with E-state index in [4.69, 9.17) is 4.74 Å². The van der Waals surface area contributed by atoms with Gasteiger partial charge in [0.05, 0.1) is 7.11 Å². The molecule has 0 atom stereocenters. The summed E-state index contributed by atoms with van der Waals surface area (Å²) in [5, 5.41) is 20.1. The van der Waals surface area contributed by atoms with E-state index in [-0.39, 0.29) is 34.2 Å². The van der Waals surface area contributed by atoms with Crippen LogP contribution in [0.15, 0.2) is 30.3 Å². The largest absolute Gasteiger partial charge is 0.507 e. The molecular formula is C16H16O4. The molecule has 4 heteroatoms. The number of rotatable bonds is 3. The number of ketones is 1. The van der Waals surface area contributed by atoms with Gasteiger partial charge in [0.2, 0.25) is 5.78 Å². The highest BCUT2D eigenvalue weighted by molar-refractivity contribution is 6.13. The number of carbonyl (C=O) groups is 1. The van der Waals surface area contributed by atoms with Gasteiger partial charge < -0.3 is 14.9 Å². The highest BCUT2D eigenvalue weighted by Crippen LogP contribution is 2.42. The van der Waals surface area contributed by atoms with Crippen LogP contribution in [-0.2, 0) is 0 Å². The maximum Gasteiger partial charge on any atom is 0.200 e. The van der Waals surface area contributed by atoms with Crippen molar-refractivity contribution in [2.24, 2.45) is 0 Å². The number of benzene rings is 2. The molecule has 2 aromatic rings. The zero-order chi connectivity index (χ0) is 14.9. The highest BCUT2D eigenvalue weighted by atomic mass is 16.5. The van der Waals surface area contributed by atoms with Crippen molar-refractivity contribution < 1.29 is 19.7 Å². The van der Waals surface area contributed by atoms with Crippen LogP contribution in [0.3, 0.4) is 0 Å². The minimum Gasteiger partial charge on any atom is -0.507 e. The van der Waals surface area contributed by atoms with Crippen LogP contribution >= 0.6 is 0 Å². The second-order valence-corrected chi connectivity index (χ2v) is 4.55. The van der Waals surface area contributed by atoms with Gasteiger partial charge in [0.1, 0.15) is 22.8 Å². The van der Waals surface area contributed by atoms with E-state index >= 15 is 0 Å². The summed E-state index contributed by atoms with van der Waals surface area (Å²) >= 11 is 0. The Balaban J connectivity index is 2.71. The number of phenols is 2. The lowest BCUT2D eigenvalue weighted by atomic mass is 9.95. The second-order valence-electron chi connectivity index (χ2n) is 4.55. The van der Waals surface area contributed by atoms with Gasteiger partial charge in [-0.25, -0.2) is 0 Å². The van der Waals surface area contributed by atoms with Crippen molar-refractivity contribution in [2.45, 2.75) is 13.8 Å². The Morgan fingerprint density at radius 2 is 1.60 bits per heavy atom. The Hall–Kier alpha value is -2.49. The molecule has 0 amide bonds. The molecular weight excluding hydrogens is 256 g/mol. The predicted molar refractivity (Wildman–Crippen MR) is 75.7 cm³/mol. The third-order valence-electron chi connectivity index (χ3n) is 3.34. The molecule has 0 unspecified atom stereocenters. The standard InChI is InChI=1S/C16H16O4/c1-9-13(17)10(2)16(20-3)12(14(9)18)15(19)11-7-5-4-6-8-11/h4-8,17-18H,1-3H3. The number of hydrogen-bond acceptors (Lipinski definition) is 4. The van der Waals surface area contributed by atoms with E-state index in [9.17, 15) is 15.0 Å². The molecule has 0 radical (unpaired) electrons. The lowest BCUT2D eigenvalue weighted by Crippen LogP contribution is -2.07. The second kappa shape index (κ2) is 5.25. The Morgan fingerprint density at radius 1 is 1.00 bits per heavy atom. The molecule has 104 valence electrons. The van der Waals surface area contributed by atoms with E-state index in [2.05, 4.69) is 0 Å². The van der Waals surface area contributed by atoms with Gasteiger partial charge in [0, 0.05) is 16.7 Å². The topological polar surface area (TPSA) is 66.8 Å². The molecule has 0 aliphatic heterocycles. The predicted octanol–water partition coefficient (Wildman–Crippen LogP) is 2.95. The van der Waals surface area contributed by atoms with E-state index in [0.717, 1.165) is 0 Å². The molecule has 0 heterocycles. The first-order valence-electron chi connectivity index (χ1n) is 6.17. The Labute approximate surface area is 117 Å². The van der Waals surface area contributed by atoms with Crippen molar-refractivity contribution in [3.8, 4) is 17.2 Å². The summed E-state index contributed by atoms with van der Waals surface area (Å²) in [7, 11) is 1.40. The van der Waals surface area contributed by atoms with Crippen molar-refractivity contribution in [3.05, 3.63) is 52.6 Å². The molecule has 20 heavy (non-hydrogen) atoms.